The molecule has 0 radical (unpaired) electrons. The Kier molecular flexibility index (Phi) is 37.6. The van der Waals surface area contributed by atoms with Crippen molar-refractivity contribution in [1.29, 1.82) is 0 Å². The van der Waals surface area contributed by atoms with Gasteiger partial charge < -0.3 is 107 Å². The van der Waals surface area contributed by atoms with E-state index in [1.54, 1.807) is 33.9 Å². The Morgan fingerprint density at radius 2 is 0.681 bits per heavy atom. The van der Waals surface area contributed by atoms with E-state index in [0.717, 1.165) is 16.5 Å². The molecular formula is C75H123N19O19. The molecule has 1 aromatic carbocycles. The molecule has 23 N–H and O–H groups in total. The van der Waals surface area contributed by atoms with Crippen LogP contribution >= 0.6 is 0 Å². The largest absolute Gasteiger partial charge is 0.394 e. The average Bonchev–Trinajstić information content (AvgIpc) is 1.77. The molecule has 1 heterocycles. The van der Waals surface area contributed by atoms with Crippen molar-refractivity contribution in [1.82, 2.24) is 84.7 Å². The number of aliphatic hydroxyl groups is 1. The van der Waals surface area contributed by atoms with Crippen molar-refractivity contribution in [2.45, 2.75) is 291 Å². The van der Waals surface area contributed by atoms with Crippen molar-refractivity contribution in [2.75, 3.05) is 6.61 Å². The number of para-hydroxylation sites is 1. The van der Waals surface area contributed by atoms with Crippen molar-refractivity contribution in [2.24, 2.45) is 35.0 Å². The minimum atomic E-state index is -1.92. The Morgan fingerprint density at radius 1 is 0.363 bits per heavy atom. The molecule has 0 saturated heterocycles. The Hall–Kier alpha value is -10.8. The number of hydrogen-bond acceptors (Lipinski definition) is 19. The lowest BCUT2D eigenvalue weighted by molar-refractivity contribution is -0.140. The molecule has 0 fully saturated rings. The van der Waals surface area contributed by atoms with Crippen molar-refractivity contribution in [3.05, 3.63) is 36.0 Å². The van der Waals surface area contributed by atoms with Crippen LogP contribution in [0.15, 0.2) is 30.5 Å². The number of carbonyl (C=O) groups is 18. The first-order valence-electron chi connectivity index (χ1n) is 37.6. The van der Waals surface area contributed by atoms with Crippen LogP contribution in [0, 0.1) is 17.8 Å². The number of nitrogens with one attached hydrogen (secondary N) is 16. The fraction of sp³-hybridized carbons (Fsp3) is 0.653. The van der Waals surface area contributed by atoms with Crippen molar-refractivity contribution in [3.63, 3.8) is 0 Å². The number of carbonyl (C=O) groups excluding carboxylic acids is 18. The second kappa shape index (κ2) is 43.3. The molecule has 0 bridgehead atoms. The quantitative estimate of drug-likeness (QED) is 0.0315. The molecule has 38 nitrogen and oxygen atoms in total. The summed E-state index contributed by atoms with van der Waals surface area (Å²) in [4.78, 5) is 245. The minimum Gasteiger partial charge on any atom is -0.394 e. The summed E-state index contributed by atoms with van der Waals surface area (Å²) in [5, 5.41) is 48.8. The van der Waals surface area contributed by atoms with E-state index in [1.165, 1.54) is 96.9 Å². The molecule has 10 atom stereocenters. The number of amides is 18. The topological polar surface area (TPSA) is 602 Å². The second-order valence-corrected chi connectivity index (χ2v) is 32.5. The van der Waals surface area contributed by atoms with Crippen LogP contribution in [0.4, 0.5) is 0 Å². The number of aliphatic hydroxyl groups excluding tert-OH is 1. The van der Waals surface area contributed by atoms with Gasteiger partial charge in [0.25, 0.3) is 0 Å². The molecule has 1 aromatic heterocycles. The van der Waals surface area contributed by atoms with Gasteiger partial charge in [-0.2, -0.15) is 0 Å². The van der Waals surface area contributed by atoms with Crippen LogP contribution in [0.2, 0.25) is 0 Å². The first kappa shape index (κ1) is 98.3. The smallest absolute Gasteiger partial charge is 0.246 e. The first-order chi connectivity index (χ1) is 51.9. The molecular weight excluding hydrogens is 1470 g/mol. The van der Waals surface area contributed by atoms with Gasteiger partial charge in [-0.25, -0.2) is 0 Å². The van der Waals surface area contributed by atoms with Gasteiger partial charge in [-0.3, -0.25) is 86.3 Å². The molecule has 2 aromatic rings. The summed E-state index contributed by atoms with van der Waals surface area (Å²) in [6.45, 7) is 28.3. The predicted octanol–water partition coefficient (Wildman–Crippen LogP) is -2.96. The highest BCUT2D eigenvalue weighted by Crippen LogP contribution is 2.21. The summed E-state index contributed by atoms with van der Waals surface area (Å²) in [6, 6.07) is -5.71. The highest BCUT2D eigenvalue weighted by Gasteiger charge is 2.44. The lowest BCUT2D eigenvalue weighted by atomic mass is 9.96. The molecule has 113 heavy (non-hydrogen) atoms. The van der Waals surface area contributed by atoms with Crippen LogP contribution in [0.3, 0.4) is 0 Å². The van der Waals surface area contributed by atoms with E-state index in [1.807, 2.05) is 38.1 Å². The molecule has 0 spiro atoms. The molecule has 18 amide bonds. The SMILES string of the molecule is CC(=O)N[C@@H](Cc1c[nH]c2ccccc12)C(=O)N[C@@H](C)C(=O)NC(C)(C)C(=O)NC(C)(C)C(=O)N[C@@H](CC(C)C)C(=O)NC(C)(C)C(=O)N[C@@H](CCC(N)=O)C(=O)N[C@@H](C)C(=O)NC(C)(C)C(=O)NC(C)(C)C(=O)N[C@@H](CCC(N)=O)C(=O)N[C@@H](CC(C)C)C(=O)N[C@@H](C)C(=O)N[C@@H](CCC(N)=O)C(=O)N[C@H](CO)CC(C)C. The number of rotatable bonds is 47. The first-order valence-corrected chi connectivity index (χ1v) is 37.6. The van der Waals surface area contributed by atoms with E-state index < -0.39 is 227 Å². The third kappa shape index (κ3) is 33.2. The number of aromatic nitrogens is 1. The fourth-order valence-corrected chi connectivity index (χ4v) is 11.2. The zero-order valence-corrected chi connectivity index (χ0v) is 68.7. The molecule has 38 heteroatoms. The van der Waals surface area contributed by atoms with E-state index in [-0.39, 0.29) is 49.9 Å². The van der Waals surface area contributed by atoms with Crippen LogP contribution in [-0.4, -0.2) is 211 Å². The number of H-pyrrole nitrogens is 1. The molecule has 2 rings (SSSR count). The van der Waals surface area contributed by atoms with Gasteiger partial charge in [0.1, 0.15) is 82.1 Å². The highest BCUT2D eigenvalue weighted by molar-refractivity contribution is 6.03. The maximum absolute atomic E-state index is 14.2. The minimum absolute atomic E-state index is 0.00709. The summed E-state index contributed by atoms with van der Waals surface area (Å²) in [6.07, 6.45) is -0.127. The van der Waals surface area contributed by atoms with Gasteiger partial charge in [-0.15, -0.1) is 0 Å². The summed E-state index contributed by atoms with van der Waals surface area (Å²) < 4.78 is 0. The van der Waals surface area contributed by atoms with Gasteiger partial charge in [0.05, 0.1) is 12.6 Å². The number of aromatic amines is 1. The van der Waals surface area contributed by atoms with Crippen molar-refractivity contribution >= 4 is 117 Å². The zero-order valence-electron chi connectivity index (χ0n) is 68.7. The molecule has 0 saturated carbocycles. The van der Waals surface area contributed by atoms with Crippen molar-refractivity contribution < 1.29 is 91.4 Å². The van der Waals surface area contributed by atoms with E-state index in [0.29, 0.717) is 6.42 Å². The second-order valence-electron chi connectivity index (χ2n) is 32.5. The van der Waals surface area contributed by atoms with Crippen LogP contribution in [0.1, 0.15) is 202 Å². The van der Waals surface area contributed by atoms with Crippen LogP contribution in [0.5, 0.6) is 0 Å². The third-order valence-corrected chi connectivity index (χ3v) is 18.0. The normalized spacial score (nSPS) is 14.5. The lowest BCUT2D eigenvalue weighted by Crippen LogP contribution is -2.66. The Morgan fingerprint density at radius 3 is 1.08 bits per heavy atom. The van der Waals surface area contributed by atoms with Gasteiger partial charge in [0.2, 0.25) is 106 Å². The maximum Gasteiger partial charge on any atom is 0.246 e. The molecule has 0 aliphatic rings. The van der Waals surface area contributed by atoms with E-state index in [2.05, 4.69) is 84.7 Å². The maximum atomic E-state index is 14.2. The highest BCUT2D eigenvalue weighted by atomic mass is 16.3. The van der Waals surface area contributed by atoms with E-state index >= 15 is 0 Å². The fourth-order valence-electron chi connectivity index (χ4n) is 11.2. The van der Waals surface area contributed by atoms with Crippen LogP contribution in [0.25, 0.3) is 10.9 Å². The summed E-state index contributed by atoms with van der Waals surface area (Å²) in [7, 11) is 0. The van der Waals surface area contributed by atoms with E-state index in [9.17, 15) is 91.4 Å². The number of fused-ring (bicyclic) bond motifs is 1. The van der Waals surface area contributed by atoms with Crippen molar-refractivity contribution in [3.8, 4) is 0 Å². The molecule has 0 unspecified atom stereocenters. The predicted molar refractivity (Wildman–Crippen MR) is 416 cm³/mol. The molecule has 632 valence electrons. The van der Waals surface area contributed by atoms with E-state index in [4.69, 9.17) is 17.2 Å². The Bertz CT molecular complexity index is 3790. The van der Waals surface area contributed by atoms with Gasteiger partial charge in [0, 0.05) is 49.7 Å². The summed E-state index contributed by atoms with van der Waals surface area (Å²) >= 11 is 0. The van der Waals surface area contributed by atoms with Crippen LogP contribution < -0.4 is 97.0 Å². The molecule has 0 aliphatic carbocycles. The Labute approximate surface area is 659 Å². The number of hydrogen-bond donors (Lipinski definition) is 20. The van der Waals surface area contributed by atoms with Gasteiger partial charge in [-0.1, -0.05) is 59.7 Å². The Balaban J connectivity index is 2.21. The van der Waals surface area contributed by atoms with Crippen LogP contribution in [-0.2, 0) is 92.7 Å². The zero-order chi connectivity index (χ0) is 86.8. The number of primary amides is 3. The summed E-state index contributed by atoms with van der Waals surface area (Å²) in [5.41, 5.74) is 8.55. The number of nitrogens with two attached hydrogens (primary N) is 3. The monoisotopic (exact) mass is 1590 g/mol. The third-order valence-electron chi connectivity index (χ3n) is 18.0. The summed E-state index contributed by atoms with van der Waals surface area (Å²) in [5.74, 6) is -16.0. The lowest BCUT2D eigenvalue weighted by Gasteiger charge is -2.34. The van der Waals surface area contributed by atoms with Gasteiger partial charge >= 0.3 is 0 Å². The number of benzene rings is 1. The standard InChI is InChI=1S/C75H123N19O19/c1-37(2)31-45(36-95)84-61(104)48(25-28-54(76)97)85-57(100)40(7)80-63(106)51(32-38(3)4)86-62(105)50(27-30-56(78)99)88-67(110)72(13,14)93-69(112)74(17,18)90-58(101)41(8)81-60(103)49(26-29-55(77)98)87-66(109)71(11,12)92-65(108)52(33-39(5)6)89-68(111)73(15,16)94-70(113)75(19,20)91-59(102)42(9)82-64(107)53(83-43(10)96)34-44-35-79-47-24-22-21-23-46(44)47/h21-24,35,37-42,45,48-53,79,95H,25-34,36H2,1-20H3,(H2,76,97)(H2,77,98)(H2,78,99)(H,80,106)(H,81,103)(H,82,107)(H,83,96)(H,84,104)(H,85,100)(H,86,105)(H,87,109)(H,88,110)(H,89,111)(H,90,101)(H,91,102)(H,92,108)(H,93,112)(H,94,113)/t40-,41-,42-,45-,48-,49-,50-,51-,52-,53-/m0/s1. The molecule has 0 aliphatic heterocycles. The van der Waals surface area contributed by atoms with Gasteiger partial charge in [0.15, 0.2) is 0 Å². The van der Waals surface area contributed by atoms with Gasteiger partial charge in [-0.05, 0) is 158 Å². The average molecular weight is 1590 g/mol.